The second kappa shape index (κ2) is 11.3. The van der Waals surface area contributed by atoms with Gasteiger partial charge >= 0.3 is 6.18 Å². The summed E-state index contributed by atoms with van der Waals surface area (Å²) in [5, 5.41) is 1.08. The number of ether oxygens (including phenoxy) is 1. The van der Waals surface area contributed by atoms with Crippen molar-refractivity contribution in [1.82, 2.24) is 0 Å². The number of benzene rings is 4. The van der Waals surface area contributed by atoms with Crippen molar-refractivity contribution >= 4 is 10.8 Å². The summed E-state index contributed by atoms with van der Waals surface area (Å²) in [6.45, 7) is 2.28. The lowest BCUT2D eigenvalue weighted by atomic mass is 9.97. The van der Waals surface area contributed by atoms with Gasteiger partial charge in [0.25, 0.3) is 0 Å². The number of halogens is 6. The van der Waals surface area contributed by atoms with E-state index in [2.05, 4.69) is 0 Å². The van der Waals surface area contributed by atoms with Gasteiger partial charge in [0, 0.05) is 23.1 Å². The summed E-state index contributed by atoms with van der Waals surface area (Å²) in [6.07, 6.45) is -2.41. The molecule has 4 aromatic carbocycles. The Morgan fingerprint density at radius 2 is 1.35 bits per heavy atom. The molecular formula is C30H26F6O. The smallest absolute Gasteiger partial charge is 0.416 e. The molecule has 194 valence electrons. The number of hydrogen-bond acceptors (Lipinski definition) is 1. The summed E-state index contributed by atoms with van der Waals surface area (Å²) < 4.78 is 87.5. The highest BCUT2D eigenvalue weighted by atomic mass is 19.4. The largest absolute Gasteiger partial charge is 0.493 e. The highest BCUT2D eigenvalue weighted by Crippen LogP contribution is 2.30. The SMILES string of the molecule is CCCOc1cc(F)c(CCc2ccc3c(F)c(CCc4ccc(C(F)(F)F)cc4)ccc3c2)c(F)c1. The molecule has 1 nitrogen and oxygen atoms in total. The lowest BCUT2D eigenvalue weighted by Crippen LogP contribution is -2.04. The van der Waals surface area contributed by atoms with E-state index in [-0.39, 0.29) is 23.6 Å². The fourth-order valence-corrected chi connectivity index (χ4v) is 4.27. The van der Waals surface area contributed by atoms with E-state index < -0.39 is 23.4 Å². The van der Waals surface area contributed by atoms with Crippen LogP contribution in [0, 0.1) is 17.5 Å². The van der Waals surface area contributed by atoms with Gasteiger partial charge in [-0.1, -0.05) is 49.4 Å². The van der Waals surface area contributed by atoms with E-state index in [0.717, 1.165) is 24.1 Å². The third-order valence-corrected chi connectivity index (χ3v) is 6.31. The zero-order valence-electron chi connectivity index (χ0n) is 20.3. The maximum Gasteiger partial charge on any atom is 0.416 e. The minimum Gasteiger partial charge on any atom is -0.493 e. The number of hydrogen-bond donors (Lipinski definition) is 0. The van der Waals surface area contributed by atoms with Crippen LogP contribution in [0.5, 0.6) is 5.75 Å². The summed E-state index contributed by atoms with van der Waals surface area (Å²) in [5.41, 5.74) is 1.23. The van der Waals surface area contributed by atoms with Gasteiger partial charge in [-0.15, -0.1) is 0 Å². The first kappa shape index (κ1) is 26.6. The first-order valence-corrected chi connectivity index (χ1v) is 12.1. The van der Waals surface area contributed by atoms with Crippen molar-refractivity contribution in [2.24, 2.45) is 0 Å². The molecule has 0 spiro atoms. The molecule has 0 amide bonds. The maximum absolute atomic E-state index is 15.1. The van der Waals surface area contributed by atoms with Crippen molar-refractivity contribution < 1.29 is 31.1 Å². The molecule has 0 saturated heterocycles. The third-order valence-electron chi connectivity index (χ3n) is 6.31. The standard InChI is InChI=1S/C30H26F6O/c1-2-15-37-24-17-27(31)26(28(32)18-24)14-7-20-6-13-25-22(16-20)10-9-21(29(25)33)8-3-19-4-11-23(12-5-19)30(34,35)36/h4-6,9-13,16-18H,2-3,7-8,14-15H2,1H3. The molecule has 0 aromatic heterocycles. The molecule has 4 rings (SSSR count). The van der Waals surface area contributed by atoms with Crippen LogP contribution >= 0.6 is 0 Å². The average Bonchev–Trinajstić information content (AvgIpc) is 2.86. The van der Waals surface area contributed by atoms with Crippen LogP contribution in [0.2, 0.25) is 0 Å². The van der Waals surface area contributed by atoms with Crippen molar-refractivity contribution in [3.05, 3.63) is 112 Å². The molecule has 0 fully saturated rings. The van der Waals surface area contributed by atoms with Crippen molar-refractivity contribution in [3.8, 4) is 5.75 Å². The Bertz CT molecular complexity index is 1350. The highest BCUT2D eigenvalue weighted by molar-refractivity contribution is 5.84. The van der Waals surface area contributed by atoms with Crippen LogP contribution in [-0.2, 0) is 31.9 Å². The minimum atomic E-state index is -4.39. The van der Waals surface area contributed by atoms with Crippen LogP contribution in [0.25, 0.3) is 10.8 Å². The molecule has 4 aromatic rings. The molecule has 0 aliphatic carbocycles. The molecular weight excluding hydrogens is 490 g/mol. The second-order valence-corrected chi connectivity index (χ2v) is 9.00. The molecule has 0 heterocycles. The molecule has 0 aliphatic rings. The van der Waals surface area contributed by atoms with Gasteiger partial charge in [-0.05, 0) is 66.3 Å². The molecule has 0 saturated carbocycles. The Kier molecular flexibility index (Phi) is 8.10. The Labute approximate surface area is 211 Å². The molecule has 0 N–H and O–H groups in total. The lowest BCUT2D eigenvalue weighted by molar-refractivity contribution is -0.137. The number of alkyl halides is 3. The van der Waals surface area contributed by atoms with Crippen molar-refractivity contribution in [3.63, 3.8) is 0 Å². The van der Waals surface area contributed by atoms with E-state index in [9.17, 15) is 22.0 Å². The zero-order valence-corrected chi connectivity index (χ0v) is 20.3. The topological polar surface area (TPSA) is 9.23 Å². The fraction of sp³-hybridized carbons (Fsp3) is 0.267. The van der Waals surface area contributed by atoms with E-state index in [1.165, 1.54) is 24.3 Å². The zero-order chi connectivity index (χ0) is 26.6. The first-order chi connectivity index (χ1) is 17.7. The molecule has 0 bridgehead atoms. The predicted molar refractivity (Wildman–Crippen MR) is 132 cm³/mol. The Morgan fingerprint density at radius 1 is 0.703 bits per heavy atom. The highest BCUT2D eigenvalue weighted by Gasteiger charge is 2.29. The molecule has 37 heavy (non-hydrogen) atoms. The Balaban J connectivity index is 1.43. The van der Waals surface area contributed by atoms with Gasteiger partial charge in [0.2, 0.25) is 0 Å². The van der Waals surface area contributed by atoms with Crippen molar-refractivity contribution in [1.29, 1.82) is 0 Å². The number of rotatable bonds is 9. The van der Waals surface area contributed by atoms with E-state index in [1.54, 1.807) is 30.3 Å². The van der Waals surface area contributed by atoms with Gasteiger partial charge < -0.3 is 4.74 Å². The average molecular weight is 517 g/mol. The number of fused-ring (bicyclic) bond motifs is 1. The van der Waals surface area contributed by atoms with Crippen molar-refractivity contribution in [2.75, 3.05) is 6.61 Å². The van der Waals surface area contributed by atoms with Crippen molar-refractivity contribution in [2.45, 2.75) is 45.2 Å². The summed E-state index contributed by atoms with van der Waals surface area (Å²) in [4.78, 5) is 0. The van der Waals surface area contributed by atoms with E-state index in [0.29, 0.717) is 47.8 Å². The van der Waals surface area contributed by atoms with Crippen LogP contribution in [0.4, 0.5) is 26.3 Å². The normalized spacial score (nSPS) is 11.8. The van der Waals surface area contributed by atoms with Crippen LogP contribution in [0.1, 0.15) is 41.2 Å². The summed E-state index contributed by atoms with van der Waals surface area (Å²) in [6, 6.07) is 15.9. The molecule has 7 heteroatoms. The van der Waals surface area contributed by atoms with Gasteiger partial charge in [-0.2, -0.15) is 13.2 Å². The minimum absolute atomic E-state index is 0.0197. The van der Waals surface area contributed by atoms with Gasteiger partial charge in [0.05, 0.1) is 12.2 Å². The number of aryl methyl sites for hydroxylation is 3. The molecule has 0 aliphatic heterocycles. The summed E-state index contributed by atoms with van der Waals surface area (Å²) >= 11 is 0. The second-order valence-electron chi connectivity index (χ2n) is 9.00. The van der Waals surface area contributed by atoms with Crippen LogP contribution in [0.15, 0.2) is 66.7 Å². The Hall–Kier alpha value is -3.48. The van der Waals surface area contributed by atoms with E-state index in [4.69, 9.17) is 4.74 Å². The van der Waals surface area contributed by atoms with Gasteiger partial charge in [0.15, 0.2) is 0 Å². The molecule has 0 unspecified atom stereocenters. The van der Waals surface area contributed by atoms with E-state index in [1.807, 2.05) is 6.92 Å². The monoisotopic (exact) mass is 516 g/mol. The van der Waals surface area contributed by atoms with Crippen LogP contribution in [0.3, 0.4) is 0 Å². The van der Waals surface area contributed by atoms with Gasteiger partial charge in [-0.3, -0.25) is 0 Å². The maximum atomic E-state index is 15.1. The predicted octanol–water partition coefficient (Wildman–Crippen LogP) is 8.64. The van der Waals surface area contributed by atoms with Gasteiger partial charge in [0.1, 0.15) is 23.2 Å². The summed E-state index contributed by atoms with van der Waals surface area (Å²) in [7, 11) is 0. The third kappa shape index (κ3) is 6.45. The van der Waals surface area contributed by atoms with Crippen LogP contribution < -0.4 is 4.74 Å². The fourth-order valence-electron chi connectivity index (χ4n) is 4.27. The molecule has 0 radical (unpaired) electrons. The van der Waals surface area contributed by atoms with E-state index >= 15 is 4.39 Å². The summed E-state index contributed by atoms with van der Waals surface area (Å²) in [5.74, 6) is -1.53. The Morgan fingerprint density at radius 3 is 2.00 bits per heavy atom. The quantitative estimate of drug-likeness (QED) is 0.202. The van der Waals surface area contributed by atoms with Crippen LogP contribution in [-0.4, -0.2) is 6.61 Å². The lowest BCUT2D eigenvalue weighted by Gasteiger charge is -2.11. The van der Waals surface area contributed by atoms with Gasteiger partial charge in [-0.25, -0.2) is 13.2 Å². The molecule has 0 atom stereocenters. The first-order valence-electron chi connectivity index (χ1n) is 12.1.